The second-order valence-electron chi connectivity index (χ2n) is 4.29. The highest BCUT2D eigenvalue weighted by molar-refractivity contribution is 5.22. The zero-order chi connectivity index (χ0) is 9.97. The molecular weight excluding hydrogens is 174 g/mol. The minimum atomic E-state index is -0.0116. The number of nitrogens with one attached hydrogen (secondary N) is 1. The molecule has 1 fully saturated rings. The van der Waals surface area contributed by atoms with E-state index in [1.165, 1.54) is 31.6 Å². The predicted molar refractivity (Wildman–Crippen MR) is 58.3 cm³/mol. The molecule has 78 valence electrons. The van der Waals surface area contributed by atoms with Gasteiger partial charge in [-0.05, 0) is 30.9 Å². The van der Waals surface area contributed by atoms with Crippen LogP contribution in [0, 0.1) is 5.92 Å². The minimum absolute atomic E-state index is 0.0116. The summed E-state index contributed by atoms with van der Waals surface area (Å²) in [5.74, 6) is 0.884. The molecule has 0 amide bonds. The Kier molecular flexibility index (Phi) is 2.77. The third-order valence-electron chi connectivity index (χ3n) is 3.05. The van der Waals surface area contributed by atoms with Crippen LogP contribution in [0.5, 0.6) is 0 Å². The van der Waals surface area contributed by atoms with Crippen molar-refractivity contribution in [1.82, 2.24) is 10.2 Å². The number of hydrogen-bond donors (Lipinski definition) is 2. The van der Waals surface area contributed by atoms with E-state index in [4.69, 9.17) is 5.73 Å². The summed E-state index contributed by atoms with van der Waals surface area (Å²) >= 11 is 0. The fraction of sp³-hybridized carbons (Fsp3) is 0.636. The summed E-state index contributed by atoms with van der Waals surface area (Å²) in [4.78, 5) is 2.43. The molecule has 0 bridgehead atoms. The lowest BCUT2D eigenvalue weighted by molar-refractivity contribution is 0.241. The van der Waals surface area contributed by atoms with Crippen LogP contribution in [0.2, 0.25) is 0 Å². The molecule has 0 spiro atoms. The third kappa shape index (κ3) is 2.10. The summed E-state index contributed by atoms with van der Waals surface area (Å²) in [5, 5.41) is 3.13. The van der Waals surface area contributed by atoms with Gasteiger partial charge in [-0.2, -0.15) is 0 Å². The normalized spacial score (nSPS) is 28.6. The van der Waals surface area contributed by atoms with E-state index in [0.717, 1.165) is 5.92 Å². The Morgan fingerprint density at radius 3 is 2.71 bits per heavy atom. The van der Waals surface area contributed by atoms with E-state index in [0.29, 0.717) is 0 Å². The highest BCUT2D eigenvalue weighted by Crippen LogP contribution is 2.20. The maximum absolute atomic E-state index is 5.69. The van der Waals surface area contributed by atoms with Gasteiger partial charge in [-0.1, -0.05) is 6.92 Å². The van der Waals surface area contributed by atoms with Crippen LogP contribution in [0.15, 0.2) is 24.0 Å². The molecule has 14 heavy (non-hydrogen) atoms. The van der Waals surface area contributed by atoms with Gasteiger partial charge in [-0.25, -0.2) is 0 Å². The van der Waals surface area contributed by atoms with E-state index in [9.17, 15) is 0 Å². The molecule has 2 rings (SSSR count). The molecule has 0 saturated carbocycles. The quantitative estimate of drug-likeness (QED) is 0.653. The molecule has 0 aromatic carbocycles. The smallest absolute Gasteiger partial charge is 0.0935 e. The SMILES string of the molecule is CC1CCN(C2=CNC(N)C=C2)CC1. The van der Waals surface area contributed by atoms with Crippen molar-refractivity contribution in [3.8, 4) is 0 Å². The van der Waals surface area contributed by atoms with Crippen LogP contribution in [0.1, 0.15) is 19.8 Å². The molecule has 1 unspecified atom stereocenters. The molecule has 0 aromatic heterocycles. The maximum atomic E-state index is 5.69. The summed E-state index contributed by atoms with van der Waals surface area (Å²) in [6.45, 7) is 4.68. The summed E-state index contributed by atoms with van der Waals surface area (Å²) in [6, 6.07) is 0. The van der Waals surface area contributed by atoms with Gasteiger partial charge >= 0.3 is 0 Å². The molecule has 2 aliphatic heterocycles. The standard InChI is InChI=1S/C11H19N3/c1-9-4-6-14(7-5-9)10-2-3-11(12)13-8-10/h2-3,8-9,11,13H,4-7,12H2,1H3. The average Bonchev–Trinajstić information content (AvgIpc) is 2.21. The highest BCUT2D eigenvalue weighted by atomic mass is 15.2. The predicted octanol–water partition coefficient (Wildman–Crippen LogP) is 1.00. The Labute approximate surface area is 85.6 Å². The van der Waals surface area contributed by atoms with Crippen LogP contribution >= 0.6 is 0 Å². The minimum Gasteiger partial charge on any atom is -0.371 e. The lowest BCUT2D eigenvalue weighted by atomic mass is 9.99. The first-order valence-corrected chi connectivity index (χ1v) is 5.40. The number of piperidine rings is 1. The fourth-order valence-electron chi connectivity index (χ4n) is 1.95. The largest absolute Gasteiger partial charge is 0.371 e. The first kappa shape index (κ1) is 9.59. The Morgan fingerprint density at radius 2 is 2.14 bits per heavy atom. The second-order valence-corrected chi connectivity index (χ2v) is 4.29. The average molecular weight is 193 g/mol. The van der Waals surface area contributed by atoms with Gasteiger partial charge in [-0.15, -0.1) is 0 Å². The molecule has 2 heterocycles. The number of nitrogens with zero attached hydrogens (tertiary/aromatic N) is 1. The zero-order valence-electron chi connectivity index (χ0n) is 8.74. The van der Waals surface area contributed by atoms with Crippen molar-refractivity contribution >= 4 is 0 Å². The van der Waals surface area contributed by atoms with Crippen LogP contribution in [0.4, 0.5) is 0 Å². The van der Waals surface area contributed by atoms with Crippen LogP contribution in [0.25, 0.3) is 0 Å². The van der Waals surface area contributed by atoms with Gasteiger partial charge in [0.15, 0.2) is 0 Å². The van der Waals surface area contributed by atoms with Gasteiger partial charge < -0.3 is 16.0 Å². The first-order valence-electron chi connectivity index (χ1n) is 5.40. The molecule has 0 aliphatic carbocycles. The molecule has 0 aromatic rings. The van der Waals surface area contributed by atoms with E-state index in [1.807, 2.05) is 12.3 Å². The van der Waals surface area contributed by atoms with E-state index in [2.05, 4.69) is 23.2 Å². The Balaban J connectivity index is 1.93. The number of likely N-dealkylation sites (tertiary alicyclic amines) is 1. The van der Waals surface area contributed by atoms with E-state index in [1.54, 1.807) is 0 Å². The molecular formula is C11H19N3. The Hall–Kier alpha value is -0.960. The van der Waals surface area contributed by atoms with Gasteiger partial charge in [0.25, 0.3) is 0 Å². The molecule has 3 heteroatoms. The van der Waals surface area contributed by atoms with Crippen LogP contribution in [-0.4, -0.2) is 24.2 Å². The molecule has 3 nitrogen and oxygen atoms in total. The first-order chi connectivity index (χ1) is 6.75. The van der Waals surface area contributed by atoms with Crippen molar-refractivity contribution in [3.63, 3.8) is 0 Å². The maximum Gasteiger partial charge on any atom is 0.0935 e. The number of dihydropyridines is 1. The van der Waals surface area contributed by atoms with Crippen molar-refractivity contribution in [2.45, 2.75) is 25.9 Å². The monoisotopic (exact) mass is 193 g/mol. The van der Waals surface area contributed by atoms with Gasteiger partial charge in [0.1, 0.15) is 0 Å². The fourth-order valence-corrected chi connectivity index (χ4v) is 1.95. The zero-order valence-corrected chi connectivity index (χ0v) is 8.74. The summed E-state index contributed by atoms with van der Waals surface area (Å²) in [5.41, 5.74) is 6.96. The van der Waals surface area contributed by atoms with Crippen LogP contribution in [-0.2, 0) is 0 Å². The van der Waals surface area contributed by atoms with E-state index < -0.39 is 0 Å². The second kappa shape index (κ2) is 4.05. The lowest BCUT2D eigenvalue weighted by Gasteiger charge is -2.34. The van der Waals surface area contributed by atoms with Gasteiger partial charge in [0.05, 0.1) is 11.9 Å². The Morgan fingerprint density at radius 1 is 1.43 bits per heavy atom. The number of nitrogens with two attached hydrogens (primary N) is 1. The molecule has 1 atom stereocenters. The number of rotatable bonds is 1. The van der Waals surface area contributed by atoms with Crippen LogP contribution in [0.3, 0.4) is 0 Å². The molecule has 1 saturated heterocycles. The Bertz CT molecular complexity index is 249. The number of allylic oxidation sites excluding steroid dienone is 1. The van der Waals surface area contributed by atoms with Gasteiger partial charge in [0, 0.05) is 19.3 Å². The van der Waals surface area contributed by atoms with Crippen molar-refractivity contribution in [1.29, 1.82) is 0 Å². The third-order valence-corrected chi connectivity index (χ3v) is 3.05. The van der Waals surface area contributed by atoms with Crippen molar-refractivity contribution in [2.75, 3.05) is 13.1 Å². The van der Waals surface area contributed by atoms with Gasteiger partial charge in [0.2, 0.25) is 0 Å². The van der Waals surface area contributed by atoms with Gasteiger partial charge in [-0.3, -0.25) is 0 Å². The summed E-state index contributed by atoms with van der Waals surface area (Å²) < 4.78 is 0. The van der Waals surface area contributed by atoms with Crippen molar-refractivity contribution < 1.29 is 0 Å². The molecule has 2 aliphatic rings. The summed E-state index contributed by atoms with van der Waals surface area (Å²) in [6.07, 6.45) is 8.75. The lowest BCUT2D eigenvalue weighted by Crippen LogP contribution is -2.38. The molecule has 0 radical (unpaired) electrons. The molecule has 3 N–H and O–H groups in total. The topological polar surface area (TPSA) is 41.3 Å². The van der Waals surface area contributed by atoms with Crippen molar-refractivity contribution in [2.24, 2.45) is 11.7 Å². The summed E-state index contributed by atoms with van der Waals surface area (Å²) in [7, 11) is 0. The van der Waals surface area contributed by atoms with Crippen LogP contribution < -0.4 is 11.1 Å². The van der Waals surface area contributed by atoms with E-state index >= 15 is 0 Å². The highest BCUT2D eigenvalue weighted by Gasteiger charge is 2.17. The number of hydrogen-bond acceptors (Lipinski definition) is 3. The van der Waals surface area contributed by atoms with Crippen molar-refractivity contribution in [3.05, 3.63) is 24.0 Å². The van der Waals surface area contributed by atoms with E-state index in [-0.39, 0.29) is 6.17 Å².